The normalized spacial score (nSPS) is 15.7. The second-order valence-electron chi connectivity index (χ2n) is 7.87. The van der Waals surface area contributed by atoms with Crippen LogP contribution in [0.4, 0.5) is 4.39 Å². The molecule has 0 aliphatic carbocycles. The van der Waals surface area contributed by atoms with Gasteiger partial charge in [-0.1, -0.05) is 11.2 Å². The number of hydrogen-bond donors (Lipinski definition) is 0. The molecule has 7 nitrogen and oxygen atoms in total. The van der Waals surface area contributed by atoms with Crippen LogP contribution in [-0.2, 0) is 21.4 Å². The van der Waals surface area contributed by atoms with Crippen LogP contribution in [0.2, 0.25) is 0 Å². The average Bonchev–Trinajstić information content (AvgIpc) is 3.30. The quantitative estimate of drug-likeness (QED) is 0.578. The Morgan fingerprint density at radius 3 is 2.68 bits per heavy atom. The monoisotopic (exact) mass is 424 g/mol. The molecule has 1 aromatic carbocycles. The summed E-state index contributed by atoms with van der Waals surface area (Å²) in [6.07, 6.45) is 5.94. The Labute approximate surface area is 180 Å². The van der Waals surface area contributed by atoms with Crippen LogP contribution in [-0.4, -0.2) is 52.7 Å². The van der Waals surface area contributed by atoms with Crippen LogP contribution >= 0.6 is 0 Å². The maximum absolute atomic E-state index is 13.2. The first-order valence-corrected chi connectivity index (χ1v) is 10.4. The molecule has 1 aliphatic rings. The second kappa shape index (κ2) is 9.34. The molecule has 0 unspecified atom stereocenters. The first-order chi connectivity index (χ1) is 15.1. The van der Waals surface area contributed by atoms with Gasteiger partial charge < -0.3 is 14.2 Å². The molecular weight excluding hydrogens is 399 g/mol. The number of amides is 1. The molecule has 0 saturated carbocycles. The van der Waals surface area contributed by atoms with Crippen LogP contribution in [0.5, 0.6) is 0 Å². The largest absolute Gasteiger partial charge is 0.385 e. The number of pyridine rings is 1. The van der Waals surface area contributed by atoms with Crippen molar-refractivity contribution in [1.29, 1.82) is 0 Å². The summed E-state index contributed by atoms with van der Waals surface area (Å²) in [5.74, 6) is 0.752. The zero-order valence-electron chi connectivity index (χ0n) is 17.5. The fraction of sp³-hybridized carbons (Fsp3) is 0.391. The highest BCUT2D eigenvalue weighted by Gasteiger charge is 2.41. The number of hydrogen-bond acceptors (Lipinski definition) is 6. The molecule has 3 aromatic rings. The summed E-state index contributed by atoms with van der Waals surface area (Å²) >= 11 is 0. The predicted octanol–water partition coefficient (Wildman–Crippen LogP) is 3.41. The summed E-state index contributed by atoms with van der Waals surface area (Å²) in [5.41, 5.74) is 1.25. The first kappa shape index (κ1) is 21.1. The lowest BCUT2D eigenvalue weighted by Gasteiger charge is -2.39. The van der Waals surface area contributed by atoms with Crippen molar-refractivity contribution in [2.75, 3.05) is 26.8 Å². The van der Waals surface area contributed by atoms with Gasteiger partial charge >= 0.3 is 0 Å². The highest BCUT2D eigenvalue weighted by Crippen LogP contribution is 2.38. The van der Waals surface area contributed by atoms with Crippen molar-refractivity contribution >= 4 is 5.91 Å². The molecule has 0 bridgehead atoms. The standard InChI is InChI=1S/C23H25FN4O3/c1-30-14-10-23(22-26-21(31-27-22)18-4-6-19(24)7-5-18)8-12-28(13-9-23)20(29)15-17-3-2-11-25-16-17/h2-7,11,16H,8-10,12-15H2,1H3. The van der Waals surface area contributed by atoms with Gasteiger partial charge in [-0.15, -0.1) is 0 Å². The smallest absolute Gasteiger partial charge is 0.257 e. The van der Waals surface area contributed by atoms with E-state index < -0.39 is 0 Å². The fourth-order valence-electron chi connectivity index (χ4n) is 4.00. The Hall–Kier alpha value is -3.13. The third kappa shape index (κ3) is 4.80. The van der Waals surface area contributed by atoms with Crippen LogP contribution in [0.25, 0.3) is 11.5 Å². The average molecular weight is 424 g/mol. The Morgan fingerprint density at radius 1 is 1.23 bits per heavy atom. The van der Waals surface area contributed by atoms with E-state index in [9.17, 15) is 9.18 Å². The van der Waals surface area contributed by atoms with Crippen LogP contribution < -0.4 is 0 Å². The van der Waals surface area contributed by atoms with Gasteiger partial charge in [-0.2, -0.15) is 4.98 Å². The molecule has 2 aromatic heterocycles. The molecule has 1 saturated heterocycles. The topological polar surface area (TPSA) is 81.4 Å². The lowest BCUT2D eigenvalue weighted by molar-refractivity contribution is -0.132. The van der Waals surface area contributed by atoms with Crippen molar-refractivity contribution in [3.63, 3.8) is 0 Å². The van der Waals surface area contributed by atoms with Crippen molar-refractivity contribution in [2.45, 2.75) is 31.1 Å². The number of benzene rings is 1. The molecule has 0 N–H and O–H groups in total. The van der Waals surface area contributed by atoms with Gasteiger partial charge in [0, 0.05) is 50.2 Å². The maximum atomic E-state index is 13.2. The van der Waals surface area contributed by atoms with Gasteiger partial charge in [0.2, 0.25) is 5.91 Å². The van der Waals surface area contributed by atoms with E-state index in [0.29, 0.717) is 43.4 Å². The molecule has 0 spiro atoms. The van der Waals surface area contributed by atoms with E-state index in [1.54, 1.807) is 31.6 Å². The van der Waals surface area contributed by atoms with Gasteiger partial charge in [-0.25, -0.2) is 4.39 Å². The molecule has 162 valence electrons. The van der Waals surface area contributed by atoms with Crippen molar-refractivity contribution in [1.82, 2.24) is 20.0 Å². The van der Waals surface area contributed by atoms with Gasteiger partial charge in [-0.3, -0.25) is 9.78 Å². The van der Waals surface area contributed by atoms with E-state index >= 15 is 0 Å². The van der Waals surface area contributed by atoms with Crippen LogP contribution in [0.3, 0.4) is 0 Å². The minimum Gasteiger partial charge on any atom is -0.385 e. The Kier molecular flexibility index (Phi) is 6.36. The second-order valence-corrected chi connectivity index (χ2v) is 7.87. The van der Waals surface area contributed by atoms with E-state index in [4.69, 9.17) is 9.26 Å². The maximum Gasteiger partial charge on any atom is 0.257 e. The third-order valence-corrected chi connectivity index (χ3v) is 5.93. The zero-order chi connectivity index (χ0) is 21.7. The van der Waals surface area contributed by atoms with Gasteiger partial charge in [0.1, 0.15) is 5.82 Å². The van der Waals surface area contributed by atoms with Crippen molar-refractivity contribution in [2.24, 2.45) is 0 Å². The molecular formula is C23H25FN4O3. The van der Waals surface area contributed by atoms with Gasteiger partial charge in [0.15, 0.2) is 5.82 Å². The highest BCUT2D eigenvalue weighted by molar-refractivity contribution is 5.78. The number of likely N-dealkylation sites (tertiary alicyclic amines) is 1. The summed E-state index contributed by atoms with van der Waals surface area (Å²) in [7, 11) is 1.67. The number of nitrogens with zero attached hydrogens (tertiary/aromatic N) is 4. The molecule has 8 heteroatoms. The molecule has 1 amide bonds. The van der Waals surface area contributed by atoms with Crippen LogP contribution in [0, 0.1) is 5.82 Å². The molecule has 1 aliphatic heterocycles. The van der Waals surface area contributed by atoms with Crippen LogP contribution in [0.15, 0.2) is 53.3 Å². The van der Waals surface area contributed by atoms with Crippen molar-refractivity contribution < 1.29 is 18.4 Å². The van der Waals surface area contributed by atoms with Gasteiger partial charge in [-0.05, 0) is 55.2 Å². The minimum absolute atomic E-state index is 0.0912. The number of methoxy groups -OCH3 is 1. The van der Waals surface area contributed by atoms with Gasteiger partial charge in [0.25, 0.3) is 5.89 Å². The SMILES string of the molecule is COCCC1(c2noc(-c3ccc(F)cc3)n2)CCN(C(=O)Cc2cccnc2)CC1. The molecule has 3 heterocycles. The van der Waals surface area contributed by atoms with E-state index in [0.717, 1.165) is 24.8 Å². The summed E-state index contributed by atoms with van der Waals surface area (Å²) in [4.78, 5) is 23.3. The summed E-state index contributed by atoms with van der Waals surface area (Å²) in [5, 5.41) is 4.25. The first-order valence-electron chi connectivity index (χ1n) is 10.4. The van der Waals surface area contributed by atoms with E-state index in [2.05, 4.69) is 15.1 Å². The number of piperidine rings is 1. The molecule has 4 rings (SSSR count). The number of carbonyl (C=O) groups is 1. The molecule has 1 fully saturated rings. The number of aromatic nitrogens is 3. The van der Waals surface area contributed by atoms with Gasteiger partial charge in [0.05, 0.1) is 6.42 Å². The van der Waals surface area contributed by atoms with Crippen molar-refractivity contribution in [3.05, 3.63) is 66.0 Å². The lowest BCUT2D eigenvalue weighted by Crippen LogP contribution is -2.46. The lowest BCUT2D eigenvalue weighted by atomic mass is 9.75. The summed E-state index contributed by atoms with van der Waals surface area (Å²) < 4.78 is 24.0. The summed E-state index contributed by atoms with van der Waals surface area (Å²) in [6.45, 7) is 1.79. The summed E-state index contributed by atoms with van der Waals surface area (Å²) in [6, 6.07) is 9.72. The number of rotatable bonds is 7. The Balaban J connectivity index is 1.48. The zero-order valence-corrected chi connectivity index (χ0v) is 17.5. The van der Waals surface area contributed by atoms with E-state index in [-0.39, 0.29) is 17.1 Å². The molecule has 31 heavy (non-hydrogen) atoms. The van der Waals surface area contributed by atoms with Crippen LogP contribution in [0.1, 0.15) is 30.7 Å². The highest BCUT2D eigenvalue weighted by atomic mass is 19.1. The minimum atomic E-state index is -0.330. The third-order valence-electron chi connectivity index (χ3n) is 5.93. The number of ether oxygens (including phenoxy) is 1. The molecule has 0 radical (unpaired) electrons. The van der Waals surface area contributed by atoms with E-state index in [1.807, 2.05) is 17.0 Å². The Morgan fingerprint density at radius 2 is 2.00 bits per heavy atom. The Bertz CT molecular complexity index is 999. The number of halogens is 1. The van der Waals surface area contributed by atoms with E-state index in [1.165, 1.54) is 12.1 Å². The fourth-order valence-corrected chi connectivity index (χ4v) is 4.00. The number of carbonyl (C=O) groups excluding carboxylic acids is 1. The predicted molar refractivity (Wildman–Crippen MR) is 112 cm³/mol. The molecule has 0 atom stereocenters. The van der Waals surface area contributed by atoms with Crippen molar-refractivity contribution in [3.8, 4) is 11.5 Å².